The van der Waals surface area contributed by atoms with E-state index in [-0.39, 0.29) is 17.0 Å². The minimum absolute atomic E-state index is 0.0450. The summed E-state index contributed by atoms with van der Waals surface area (Å²) in [6.45, 7) is 7.98. The first-order valence-electron chi connectivity index (χ1n) is 12.8. The highest BCUT2D eigenvalue weighted by Gasteiger charge is 2.22. The molecule has 0 aliphatic carbocycles. The Bertz CT molecular complexity index is 1500. The lowest BCUT2D eigenvalue weighted by Crippen LogP contribution is -2.27. The highest BCUT2D eigenvalue weighted by Crippen LogP contribution is 2.22. The number of esters is 1. The number of nitrogens with zero attached hydrogens (tertiary/aromatic N) is 3. The zero-order valence-corrected chi connectivity index (χ0v) is 21.9. The van der Waals surface area contributed by atoms with Gasteiger partial charge in [-0.1, -0.05) is 62.1 Å². The van der Waals surface area contributed by atoms with Crippen LogP contribution in [0.5, 0.6) is 0 Å². The zero-order valence-electron chi connectivity index (χ0n) is 21.9. The number of fused-ring (bicyclic) bond motifs is 1. The van der Waals surface area contributed by atoms with Crippen LogP contribution in [0, 0.1) is 20.8 Å². The average Bonchev–Trinajstić information content (AvgIpc) is 3.20. The van der Waals surface area contributed by atoms with Crippen LogP contribution >= 0.6 is 0 Å². The van der Waals surface area contributed by atoms with Crippen molar-refractivity contribution >= 4 is 22.5 Å². The molecule has 192 valence electrons. The minimum Gasteiger partial charge on any atom is -0.452 e. The Labute approximate surface area is 216 Å². The maximum atomic E-state index is 13.1. The van der Waals surface area contributed by atoms with Crippen molar-refractivity contribution < 1.29 is 14.3 Å². The molecule has 0 saturated carbocycles. The Morgan fingerprint density at radius 2 is 1.62 bits per heavy atom. The van der Waals surface area contributed by atoms with Gasteiger partial charge in [-0.25, -0.2) is 9.48 Å². The van der Waals surface area contributed by atoms with E-state index < -0.39 is 12.6 Å². The third kappa shape index (κ3) is 5.56. The van der Waals surface area contributed by atoms with Crippen LogP contribution in [-0.2, 0) is 11.3 Å². The van der Waals surface area contributed by atoms with Crippen molar-refractivity contribution in [1.82, 2.24) is 14.3 Å². The summed E-state index contributed by atoms with van der Waals surface area (Å²) in [4.78, 5) is 39.1. The van der Waals surface area contributed by atoms with Crippen molar-refractivity contribution in [2.45, 2.75) is 59.9 Å². The number of rotatable bonds is 10. The predicted octanol–water partition coefficient (Wildman–Crippen LogP) is 5.73. The zero-order chi connectivity index (χ0) is 26.5. The maximum Gasteiger partial charge on any atom is 0.359 e. The normalized spacial score (nSPS) is 11.1. The first-order chi connectivity index (χ1) is 17.8. The second-order valence-electron chi connectivity index (χ2n) is 9.44. The average molecular weight is 500 g/mol. The van der Waals surface area contributed by atoms with Crippen LogP contribution in [0.1, 0.15) is 70.4 Å². The van der Waals surface area contributed by atoms with Gasteiger partial charge in [0.05, 0.1) is 5.39 Å². The number of hydrogen-bond acceptors (Lipinski definition) is 5. The summed E-state index contributed by atoms with van der Waals surface area (Å²) in [6, 6.07) is 16.8. The lowest BCUT2D eigenvalue weighted by molar-refractivity contribution is 0.0468. The lowest BCUT2D eigenvalue weighted by Gasteiger charge is -2.11. The Kier molecular flexibility index (Phi) is 8.01. The number of carbonyl (C=O) groups excluding carboxylic acids is 2. The summed E-state index contributed by atoms with van der Waals surface area (Å²) in [7, 11) is 0. The van der Waals surface area contributed by atoms with E-state index in [2.05, 4.69) is 12.0 Å². The van der Waals surface area contributed by atoms with Gasteiger partial charge in [-0.2, -0.15) is 5.10 Å². The molecule has 0 amide bonds. The summed E-state index contributed by atoms with van der Waals surface area (Å²) in [5, 5.41) is 5.18. The molecule has 0 bridgehead atoms. The lowest BCUT2D eigenvalue weighted by atomic mass is 10.1. The second-order valence-corrected chi connectivity index (χ2v) is 9.44. The molecule has 0 aliphatic rings. The summed E-state index contributed by atoms with van der Waals surface area (Å²) in [5.41, 5.74) is 4.14. The molecule has 0 radical (unpaired) electrons. The van der Waals surface area contributed by atoms with E-state index in [0.29, 0.717) is 22.9 Å². The number of hydrogen-bond donors (Lipinski definition) is 0. The molecule has 0 aliphatic heterocycles. The van der Waals surface area contributed by atoms with E-state index in [0.717, 1.165) is 48.3 Å². The fourth-order valence-electron chi connectivity index (χ4n) is 4.64. The molecule has 2 aromatic carbocycles. The van der Waals surface area contributed by atoms with Crippen LogP contribution in [-0.4, -0.2) is 32.7 Å². The van der Waals surface area contributed by atoms with Crippen LogP contribution in [0.2, 0.25) is 0 Å². The first kappa shape index (κ1) is 26.1. The fourth-order valence-corrected chi connectivity index (χ4v) is 4.64. The number of ketones is 1. The molecule has 0 atom stereocenters. The Morgan fingerprint density at radius 3 is 2.32 bits per heavy atom. The summed E-state index contributed by atoms with van der Waals surface area (Å²) >= 11 is 0. The van der Waals surface area contributed by atoms with Gasteiger partial charge in [-0.3, -0.25) is 9.59 Å². The molecule has 2 heterocycles. The van der Waals surface area contributed by atoms with Crippen molar-refractivity contribution in [3.63, 3.8) is 0 Å². The Balaban J connectivity index is 1.55. The third-order valence-electron chi connectivity index (χ3n) is 6.64. The van der Waals surface area contributed by atoms with Gasteiger partial charge < -0.3 is 9.30 Å². The minimum atomic E-state index is -0.723. The van der Waals surface area contributed by atoms with Gasteiger partial charge in [-0.15, -0.1) is 0 Å². The van der Waals surface area contributed by atoms with Crippen molar-refractivity contribution in [2.75, 3.05) is 6.61 Å². The van der Waals surface area contributed by atoms with Crippen LogP contribution < -0.4 is 5.56 Å². The van der Waals surface area contributed by atoms with Crippen molar-refractivity contribution in [1.29, 1.82) is 0 Å². The standard InChI is InChI=1S/C30H33N3O4/c1-5-6-7-10-17-32-29(35)25-12-9-8-11-24(25)28(31-32)30(36)37-19-27(34)26-18-21(3)33(22(26)4)23-15-13-20(2)14-16-23/h8-9,11-16,18H,5-7,10,17,19H2,1-4H3. The molecule has 0 N–H and O–H groups in total. The SMILES string of the molecule is CCCCCCn1nc(C(=O)OCC(=O)c2cc(C)n(-c3ccc(C)cc3)c2C)c2ccccc2c1=O. The van der Waals surface area contributed by atoms with Crippen LogP contribution in [0.15, 0.2) is 59.4 Å². The molecule has 0 unspecified atom stereocenters. The summed E-state index contributed by atoms with van der Waals surface area (Å²) < 4.78 is 8.79. The smallest absolute Gasteiger partial charge is 0.359 e. The topological polar surface area (TPSA) is 83.2 Å². The number of carbonyl (C=O) groups is 2. The summed E-state index contributed by atoms with van der Waals surface area (Å²) in [5.74, 6) is -1.02. The molecule has 7 nitrogen and oxygen atoms in total. The van der Waals surface area contributed by atoms with Crippen molar-refractivity contribution in [2.24, 2.45) is 0 Å². The third-order valence-corrected chi connectivity index (χ3v) is 6.64. The highest BCUT2D eigenvalue weighted by molar-refractivity contribution is 6.04. The number of benzene rings is 2. The number of ether oxygens (including phenoxy) is 1. The van der Waals surface area contributed by atoms with E-state index in [1.807, 2.05) is 55.7 Å². The van der Waals surface area contributed by atoms with E-state index in [4.69, 9.17) is 4.74 Å². The van der Waals surface area contributed by atoms with Gasteiger partial charge >= 0.3 is 5.97 Å². The van der Waals surface area contributed by atoms with Gasteiger partial charge in [-0.05, 0) is 51.5 Å². The van der Waals surface area contributed by atoms with Gasteiger partial charge in [0, 0.05) is 34.6 Å². The van der Waals surface area contributed by atoms with Crippen molar-refractivity contribution in [3.05, 3.63) is 93.2 Å². The van der Waals surface area contributed by atoms with Gasteiger partial charge in [0.1, 0.15) is 0 Å². The molecule has 2 aromatic heterocycles. The maximum absolute atomic E-state index is 13.1. The second kappa shape index (κ2) is 11.4. The Morgan fingerprint density at radius 1 is 0.919 bits per heavy atom. The number of Topliss-reactive ketones (excluding diaryl/α,β-unsaturated/α-hetero) is 1. The molecule has 37 heavy (non-hydrogen) atoms. The molecule has 0 fully saturated rings. The van der Waals surface area contributed by atoms with E-state index >= 15 is 0 Å². The monoisotopic (exact) mass is 499 g/mol. The molecule has 7 heteroatoms. The van der Waals surface area contributed by atoms with Crippen LogP contribution in [0.4, 0.5) is 0 Å². The van der Waals surface area contributed by atoms with Gasteiger partial charge in [0.15, 0.2) is 12.3 Å². The predicted molar refractivity (Wildman–Crippen MR) is 145 cm³/mol. The highest BCUT2D eigenvalue weighted by atomic mass is 16.5. The largest absolute Gasteiger partial charge is 0.452 e. The molecular weight excluding hydrogens is 466 g/mol. The molecule has 4 rings (SSSR count). The molecule has 4 aromatic rings. The number of aromatic nitrogens is 3. The summed E-state index contributed by atoms with van der Waals surface area (Å²) in [6.07, 6.45) is 3.93. The number of aryl methyl sites for hydroxylation is 3. The molecule has 0 saturated heterocycles. The van der Waals surface area contributed by atoms with E-state index in [1.54, 1.807) is 24.3 Å². The Hall–Kier alpha value is -4.00. The van der Waals surface area contributed by atoms with Crippen LogP contribution in [0.25, 0.3) is 16.5 Å². The van der Waals surface area contributed by atoms with E-state index in [9.17, 15) is 14.4 Å². The molecular formula is C30H33N3O4. The molecule has 0 spiro atoms. The van der Waals surface area contributed by atoms with Gasteiger partial charge in [0.25, 0.3) is 5.56 Å². The van der Waals surface area contributed by atoms with Gasteiger partial charge in [0.2, 0.25) is 5.78 Å². The first-order valence-corrected chi connectivity index (χ1v) is 12.8. The van der Waals surface area contributed by atoms with Crippen molar-refractivity contribution in [3.8, 4) is 5.69 Å². The van der Waals surface area contributed by atoms with E-state index in [1.165, 1.54) is 4.68 Å². The van der Waals surface area contributed by atoms with Crippen LogP contribution in [0.3, 0.4) is 0 Å². The number of unbranched alkanes of at least 4 members (excludes halogenated alkanes) is 3. The fraction of sp³-hybridized carbons (Fsp3) is 0.333. The quantitative estimate of drug-likeness (QED) is 0.158.